The molecule has 3 aliphatic rings. The second-order valence-electron chi connectivity index (χ2n) is 8.20. The molecule has 26 heavy (non-hydrogen) atoms. The molecule has 2 aromatic carbocycles. The van der Waals surface area contributed by atoms with Gasteiger partial charge in [0.15, 0.2) is 0 Å². The Morgan fingerprint density at radius 3 is 2.46 bits per heavy atom. The monoisotopic (exact) mass is 342 g/mol. The molecular formula is C24H26N2. The van der Waals surface area contributed by atoms with E-state index in [1.807, 2.05) is 0 Å². The zero-order valence-electron chi connectivity index (χ0n) is 15.1. The van der Waals surface area contributed by atoms with Gasteiger partial charge in [-0.15, -0.1) is 0 Å². The molecule has 2 nitrogen and oxygen atoms in total. The zero-order valence-corrected chi connectivity index (χ0v) is 15.1. The van der Waals surface area contributed by atoms with E-state index in [-0.39, 0.29) is 0 Å². The van der Waals surface area contributed by atoms with Gasteiger partial charge in [0.2, 0.25) is 0 Å². The topological polar surface area (TPSA) is 24.4 Å². The third kappa shape index (κ3) is 2.73. The van der Waals surface area contributed by atoms with E-state index in [2.05, 4.69) is 78.3 Å². The fourth-order valence-corrected chi connectivity index (χ4v) is 5.42. The molecule has 0 bridgehead atoms. The Bertz CT molecular complexity index is 824. The van der Waals surface area contributed by atoms with E-state index in [1.165, 1.54) is 29.7 Å². The maximum atomic E-state index is 4.83. The highest BCUT2D eigenvalue weighted by Crippen LogP contribution is 2.51. The zero-order chi connectivity index (χ0) is 17.4. The van der Waals surface area contributed by atoms with E-state index in [0.717, 1.165) is 19.4 Å². The normalized spacial score (nSPS) is 32.2. The Kier molecular flexibility index (Phi) is 4.01. The van der Waals surface area contributed by atoms with Gasteiger partial charge in [0.25, 0.3) is 0 Å². The largest absolute Gasteiger partial charge is 0.313 e. The van der Waals surface area contributed by atoms with Crippen LogP contribution in [0.15, 0.2) is 77.4 Å². The van der Waals surface area contributed by atoms with E-state index in [9.17, 15) is 0 Å². The van der Waals surface area contributed by atoms with E-state index >= 15 is 0 Å². The average molecular weight is 342 g/mol. The van der Waals surface area contributed by atoms with Crippen molar-refractivity contribution in [3.8, 4) is 0 Å². The minimum absolute atomic E-state index is 0.345. The van der Waals surface area contributed by atoms with Crippen molar-refractivity contribution >= 4 is 6.21 Å². The average Bonchev–Trinajstić information content (AvgIpc) is 3.27. The summed E-state index contributed by atoms with van der Waals surface area (Å²) in [5, 5.41) is 3.89. The Balaban J connectivity index is 1.43. The number of hydrogen-bond acceptors (Lipinski definition) is 2. The van der Waals surface area contributed by atoms with Crippen LogP contribution in [-0.2, 0) is 12.8 Å². The molecule has 2 heteroatoms. The van der Waals surface area contributed by atoms with E-state index in [1.54, 1.807) is 0 Å². The van der Waals surface area contributed by atoms with Crippen molar-refractivity contribution in [2.24, 2.45) is 22.2 Å². The fraction of sp³-hybridized carbons (Fsp3) is 0.375. The number of hydrogen-bond donors (Lipinski definition) is 1. The summed E-state index contributed by atoms with van der Waals surface area (Å²) in [7, 11) is 0. The minimum Gasteiger partial charge on any atom is -0.313 e. The van der Waals surface area contributed by atoms with Gasteiger partial charge in [-0.25, -0.2) is 0 Å². The summed E-state index contributed by atoms with van der Waals surface area (Å²) in [6.45, 7) is 1.13. The molecule has 0 amide bonds. The molecule has 2 aromatic rings. The van der Waals surface area contributed by atoms with Crippen molar-refractivity contribution in [2.45, 2.75) is 31.7 Å². The van der Waals surface area contributed by atoms with Crippen LogP contribution in [0.1, 0.15) is 24.0 Å². The van der Waals surface area contributed by atoms with Crippen LogP contribution in [0, 0.1) is 17.3 Å². The second kappa shape index (κ2) is 6.51. The summed E-state index contributed by atoms with van der Waals surface area (Å²) < 4.78 is 0. The first-order valence-corrected chi connectivity index (χ1v) is 9.90. The number of allylic oxidation sites excluding steroid dienone is 1. The number of nitrogens with zero attached hydrogens (tertiary/aromatic N) is 1. The standard InChI is InChI=1S/C24H26N2/c1-3-7-18(8-4-1)15-20-17-26-21-11-12-24(13-14-25-23(24)22(20)21)16-19-9-5-2-6-10-19/h1-11,17,20,22-23,25H,12-16H2. The first kappa shape index (κ1) is 16.0. The summed E-state index contributed by atoms with van der Waals surface area (Å²) in [4.78, 5) is 4.83. The molecule has 132 valence electrons. The Hall–Kier alpha value is -2.19. The SMILES string of the molecule is C1=NC2=CCC3(Cc4ccccc4)CCNC3C2C1Cc1ccccc1. The smallest absolute Gasteiger partial charge is 0.0413 e. The lowest BCUT2D eigenvalue weighted by atomic mass is 9.63. The second-order valence-corrected chi connectivity index (χ2v) is 8.20. The van der Waals surface area contributed by atoms with Gasteiger partial charge in [0, 0.05) is 29.8 Å². The Morgan fingerprint density at radius 2 is 1.69 bits per heavy atom. The van der Waals surface area contributed by atoms with Crippen LogP contribution in [0.2, 0.25) is 0 Å². The van der Waals surface area contributed by atoms with Crippen LogP contribution in [0.3, 0.4) is 0 Å². The maximum absolute atomic E-state index is 4.83. The van der Waals surface area contributed by atoms with Crippen LogP contribution >= 0.6 is 0 Å². The highest BCUT2D eigenvalue weighted by molar-refractivity contribution is 5.68. The molecule has 4 unspecified atom stereocenters. The van der Waals surface area contributed by atoms with Crippen molar-refractivity contribution in [2.75, 3.05) is 6.54 Å². The molecule has 0 saturated carbocycles. The van der Waals surface area contributed by atoms with E-state index in [0.29, 0.717) is 23.3 Å². The molecule has 0 aromatic heterocycles. The molecule has 5 rings (SSSR count). The predicted molar refractivity (Wildman–Crippen MR) is 107 cm³/mol. The van der Waals surface area contributed by atoms with E-state index < -0.39 is 0 Å². The summed E-state index contributed by atoms with van der Waals surface area (Å²) in [6.07, 6.45) is 9.35. The highest BCUT2D eigenvalue weighted by atomic mass is 15.0. The van der Waals surface area contributed by atoms with Crippen molar-refractivity contribution in [3.63, 3.8) is 0 Å². The lowest BCUT2D eigenvalue weighted by Gasteiger charge is -2.43. The van der Waals surface area contributed by atoms with Crippen LogP contribution in [0.25, 0.3) is 0 Å². The van der Waals surface area contributed by atoms with Gasteiger partial charge >= 0.3 is 0 Å². The maximum Gasteiger partial charge on any atom is 0.0413 e. The first-order chi connectivity index (χ1) is 12.8. The van der Waals surface area contributed by atoms with Gasteiger partial charge in [0.05, 0.1) is 0 Å². The molecule has 0 radical (unpaired) electrons. The van der Waals surface area contributed by atoms with Gasteiger partial charge in [-0.1, -0.05) is 66.7 Å². The summed E-state index contributed by atoms with van der Waals surface area (Å²) >= 11 is 0. The molecule has 0 spiro atoms. The van der Waals surface area contributed by atoms with Crippen molar-refractivity contribution in [3.05, 3.63) is 83.6 Å². The van der Waals surface area contributed by atoms with Crippen molar-refractivity contribution in [1.82, 2.24) is 5.32 Å². The summed E-state index contributed by atoms with van der Waals surface area (Å²) in [5.41, 5.74) is 4.56. The van der Waals surface area contributed by atoms with Crippen LogP contribution in [0.4, 0.5) is 0 Å². The first-order valence-electron chi connectivity index (χ1n) is 9.90. The van der Waals surface area contributed by atoms with Crippen molar-refractivity contribution in [1.29, 1.82) is 0 Å². The Morgan fingerprint density at radius 1 is 0.962 bits per heavy atom. The molecule has 1 saturated heterocycles. The summed E-state index contributed by atoms with van der Waals surface area (Å²) in [6, 6.07) is 22.5. The van der Waals surface area contributed by atoms with Gasteiger partial charge in [0.1, 0.15) is 0 Å². The molecule has 4 atom stereocenters. The summed E-state index contributed by atoms with van der Waals surface area (Å²) in [5.74, 6) is 1.03. The Labute approximate surface area is 156 Å². The molecule has 1 N–H and O–H groups in total. The number of benzene rings is 2. The third-order valence-electron chi connectivity index (χ3n) is 6.65. The molecule has 2 aliphatic heterocycles. The van der Waals surface area contributed by atoms with Crippen LogP contribution in [-0.4, -0.2) is 18.8 Å². The van der Waals surface area contributed by atoms with Gasteiger partial charge in [-0.2, -0.15) is 0 Å². The molecule has 1 fully saturated rings. The molecule has 1 aliphatic carbocycles. The molecule has 2 heterocycles. The molecular weight excluding hydrogens is 316 g/mol. The van der Waals surface area contributed by atoms with E-state index in [4.69, 9.17) is 4.99 Å². The number of fused-ring (bicyclic) bond motifs is 3. The van der Waals surface area contributed by atoms with Crippen LogP contribution < -0.4 is 5.32 Å². The third-order valence-corrected chi connectivity index (χ3v) is 6.65. The van der Waals surface area contributed by atoms with Gasteiger partial charge in [-0.05, 0) is 48.8 Å². The number of rotatable bonds is 4. The minimum atomic E-state index is 0.345. The highest BCUT2D eigenvalue weighted by Gasteiger charge is 2.52. The van der Waals surface area contributed by atoms with Gasteiger partial charge < -0.3 is 5.32 Å². The van der Waals surface area contributed by atoms with Crippen molar-refractivity contribution < 1.29 is 0 Å². The quantitative estimate of drug-likeness (QED) is 0.874. The van der Waals surface area contributed by atoms with Gasteiger partial charge in [-0.3, -0.25) is 4.99 Å². The fourth-order valence-electron chi connectivity index (χ4n) is 5.42. The number of nitrogens with one attached hydrogen (secondary N) is 1. The van der Waals surface area contributed by atoms with Crippen LogP contribution in [0.5, 0.6) is 0 Å². The predicted octanol–water partition coefficient (Wildman–Crippen LogP) is 4.42. The lowest BCUT2D eigenvalue weighted by Crippen LogP contribution is -2.48. The lowest BCUT2D eigenvalue weighted by molar-refractivity contribution is 0.172. The number of aliphatic imine (C=N–C) groups is 1.